The first kappa shape index (κ1) is 45.5. The molecule has 272 valence electrons. The molecule has 13 heteroatoms. The van der Waals surface area contributed by atoms with E-state index in [1.54, 1.807) is 0 Å². The van der Waals surface area contributed by atoms with Crippen LogP contribution >= 0.6 is 0 Å². The van der Waals surface area contributed by atoms with E-state index in [1.165, 1.54) is 0 Å². The maximum Gasteiger partial charge on any atom is 0.355 e. The van der Waals surface area contributed by atoms with E-state index in [4.69, 9.17) is 40.1 Å². The molecule has 0 aromatic heterocycles. The van der Waals surface area contributed by atoms with Gasteiger partial charge in [0.25, 0.3) is 0 Å². The number of hydrogen-bond donors (Lipinski definition) is 0. The van der Waals surface area contributed by atoms with Crippen LogP contribution in [0.1, 0.15) is 125 Å². The third-order valence-corrected chi connectivity index (χ3v) is 24.2. The summed E-state index contributed by atoms with van der Waals surface area (Å²) < 4.78 is 61.3. The van der Waals surface area contributed by atoms with Crippen LogP contribution in [0.25, 0.3) is 0 Å². The Morgan fingerprint density at radius 1 is 0.333 bits per heavy atom. The molecule has 0 heterocycles. The SMILES string of the molecule is CCO[Si](CC)(COC(C)(C)C)O[Si](CC)(COC(C)(C)C)O[Si](CC)(COC(C)(C)C)O[Si](CC)(COC(C)(C)C)OCC. The van der Waals surface area contributed by atoms with Gasteiger partial charge in [0, 0.05) is 13.2 Å². The predicted octanol–water partition coefficient (Wildman–Crippen LogP) is 8.37. The van der Waals surface area contributed by atoms with Crippen molar-refractivity contribution in [3.63, 3.8) is 0 Å². The summed E-state index contributed by atoms with van der Waals surface area (Å²) in [7, 11) is -12.2. The van der Waals surface area contributed by atoms with Gasteiger partial charge in [0.1, 0.15) is 0 Å². The molecule has 0 aromatic carbocycles. The molecule has 0 saturated carbocycles. The number of hydrogen-bond acceptors (Lipinski definition) is 9. The molecule has 0 radical (unpaired) electrons. The topological polar surface area (TPSA) is 83.1 Å². The second-order valence-corrected chi connectivity index (χ2v) is 30.1. The summed E-state index contributed by atoms with van der Waals surface area (Å²) in [5.74, 6) is 0. The fourth-order valence-corrected chi connectivity index (χ4v) is 23.9. The highest BCUT2D eigenvalue weighted by atomic mass is 28.5. The van der Waals surface area contributed by atoms with Crippen LogP contribution in [-0.2, 0) is 40.1 Å². The van der Waals surface area contributed by atoms with Crippen molar-refractivity contribution in [3.05, 3.63) is 0 Å². The van der Waals surface area contributed by atoms with Crippen molar-refractivity contribution in [1.82, 2.24) is 0 Å². The molecule has 4 unspecified atom stereocenters. The van der Waals surface area contributed by atoms with Crippen molar-refractivity contribution in [2.24, 2.45) is 0 Å². The summed E-state index contributed by atoms with van der Waals surface area (Å²) in [6.45, 7) is 38.4. The van der Waals surface area contributed by atoms with Gasteiger partial charge in [-0.25, -0.2) is 0 Å². The molecule has 0 fully saturated rings. The van der Waals surface area contributed by atoms with E-state index in [1.807, 2.05) is 13.8 Å². The molecule has 4 atom stereocenters. The Kier molecular flexibility index (Phi) is 18.7. The van der Waals surface area contributed by atoms with E-state index in [2.05, 4.69) is 111 Å². The Hall–Kier alpha value is 0.508. The lowest BCUT2D eigenvalue weighted by atomic mass is 10.2. The molecule has 0 aliphatic carbocycles. The molecule has 0 aromatic rings. The summed E-state index contributed by atoms with van der Waals surface area (Å²) >= 11 is 0. The molecule has 0 spiro atoms. The highest BCUT2D eigenvalue weighted by Gasteiger charge is 2.57. The highest BCUT2D eigenvalue weighted by molar-refractivity contribution is 6.89. The van der Waals surface area contributed by atoms with E-state index in [-0.39, 0.29) is 11.2 Å². The second-order valence-electron chi connectivity index (χ2n) is 15.8. The van der Waals surface area contributed by atoms with Crippen LogP contribution in [-0.4, -0.2) is 94.8 Å². The average molecular weight is 715 g/mol. The summed E-state index contributed by atoms with van der Waals surface area (Å²) in [5.41, 5.74) is -1.46. The van der Waals surface area contributed by atoms with E-state index < -0.39 is 45.4 Å². The minimum atomic E-state index is -3.20. The highest BCUT2D eigenvalue weighted by Crippen LogP contribution is 2.34. The van der Waals surface area contributed by atoms with Crippen molar-refractivity contribution < 1.29 is 40.1 Å². The Morgan fingerprint density at radius 2 is 0.533 bits per heavy atom. The monoisotopic (exact) mass is 714 g/mol. The minimum Gasteiger partial charge on any atom is -0.413 e. The zero-order valence-corrected chi connectivity index (χ0v) is 36.7. The maximum atomic E-state index is 7.57. The van der Waals surface area contributed by atoms with E-state index >= 15 is 0 Å². The maximum absolute atomic E-state index is 7.57. The van der Waals surface area contributed by atoms with Crippen molar-refractivity contribution in [2.75, 3.05) is 38.1 Å². The van der Waals surface area contributed by atoms with Crippen molar-refractivity contribution in [3.8, 4) is 0 Å². The first-order chi connectivity index (χ1) is 20.3. The van der Waals surface area contributed by atoms with Crippen LogP contribution < -0.4 is 0 Å². The predicted molar refractivity (Wildman–Crippen MR) is 194 cm³/mol. The van der Waals surface area contributed by atoms with Crippen LogP contribution in [0.2, 0.25) is 24.2 Å². The number of ether oxygens (including phenoxy) is 4. The van der Waals surface area contributed by atoms with E-state index in [0.29, 0.717) is 50.2 Å². The lowest BCUT2D eigenvalue weighted by Crippen LogP contribution is -2.69. The molecule has 0 rings (SSSR count). The fraction of sp³-hybridized carbons (Fsp3) is 1.00. The zero-order chi connectivity index (χ0) is 35.4. The lowest BCUT2D eigenvalue weighted by Gasteiger charge is -2.48. The third kappa shape index (κ3) is 18.2. The molecule has 9 nitrogen and oxygen atoms in total. The van der Waals surface area contributed by atoms with Crippen molar-refractivity contribution >= 4 is 34.2 Å². The second kappa shape index (κ2) is 18.5. The van der Waals surface area contributed by atoms with E-state index in [9.17, 15) is 0 Å². The van der Waals surface area contributed by atoms with Gasteiger partial charge in [-0.1, -0.05) is 27.7 Å². The van der Waals surface area contributed by atoms with Gasteiger partial charge in [-0.15, -0.1) is 0 Å². The van der Waals surface area contributed by atoms with Gasteiger partial charge < -0.3 is 40.1 Å². The van der Waals surface area contributed by atoms with Crippen LogP contribution in [0.5, 0.6) is 0 Å². The Morgan fingerprint density at radius 3 is 0.711 bits per heavy atom. The van der Waals surface area contributed by atoms with E-state index in [0.717, 1.165) is 12.1 Å². The lowest BCUT2D eigenvalue weighted by molar-refractivity contribution is -0.0100. The summed E-state index contributed by atoms with van der Waals surface area (Å²) in [5, 5.41) is 0. The Balaban J connectivity index is 7.27. The van der Waals surface area contributed by atoms with Crippen LogP contribution in [0, 0.1) is 0 Å². The standard InChI is InChI=1S/C32H74O9Si4/c1-19-37-42(21-3,25-33-29(7,8)9)39-44(23-5,27-35-31(13,14)15)41-45(24-6,28-36-32(16,17)18)40-43(22-4,38-20-2)26-34-30(10,11)12/h19-28H2,1-18H3. The average Bonchev–Trinajstić information content (AvgIpc) is 2.91. The summed E-state index contributed by atoms with van der Waals surface area (Å²) in [4.78, 5) is 0. The smallest absolute Gasteiger partial charge is 0.355 e. The van der Waals surface area contributed by atoms with Gasteiger partial charge in [0.15, 0.2) is 0 Å². The van der Waals surface area contributed by atoms with Crippen LogP contribution in [0.3, 0.4) is 0 Å². The zero-order valence-electron chi connectivity index (χ0n) is 32.7. The minimum absolute atomic E-state index is 0.338. The molecule has 0 N–H and O–H groups in total. The summed E-state index contributed by atoms with van der Waals surface area (Å²) in [6.07, 6.45) is 1.48. The molecular weight excluding hydrogens is 641 g/mol. The van der Waals surface area contributed by atoms with Gasteiger partial charge in [-0.2, -0.15) is 0 Å². The molecule has 0 aliphatic heterocycles. The molecule has 0 saturated heterocycles. The molecule has 0 bridgehead atoms. The first-order valence-electron chi connectivity index (χ1n) is 17.3. The molecule has 45 heavy (non-hydrogen) atoms. The van der Waals surface area contributed by atoms with Gasteiger partial charge in [-0.05, 0) is 121 Å². The Labute approximate surface area is 283 Å². The van der Waals surface area contributed by atoms with Gasteiger partial charge in [0.05, 0.1) is 47.3 Å². The largest absolute Gasteiger partial charge is 0.413 e. The quantitative estimate of drug-likeness (QED) is 0.103. The van der Waals surface area contributed by atoms with Crippen molar-refractivity contribution in [2.45, 2.75) is 171 Å². The molecular formula is C32H74O9Si4. The summed E-state index contributed by atoms with van der Waals surface area (Å²) in [6, 6.07) is 2.75. The number of rotatable bonds is 22. The van der Waals surface area contributed by atoms with Crippen molar-refractivity contribution in [1.29, 1.82) is 0 Å². The normalized spacial score (nSPS) is 19.1. The fourth-order valence-electron chi connectivity index (χ4n) is 4.25. The van der Waals surface area contributed by atoms with Gasteiger partial charge in [0.2, 0.25) is 0 Å². The van der Waals surface area contributed by atoms with Crippen LogP contribution in [0.4, 0.5) is 0 Å². The third-order valence-electron chi connectivity index (χ3n) is 6.99. The Bertz CT molecular complexity index is 759. The van der Waals surface area contributed by atoms with Gasteiger partial charge in [-0.3, -0.25) is 0 Å². The van der Waals surface area contributed by atoms with Crippen LogP contribution in [0.15, 0.2) is 0 Å². The molecule has 0 amide bonds. The molecule has 0 aliphatic rings. The van der Waals surface area contributed by atoms with Gasteiger partial charge >= 0.3 is 34.2 Å². The first-order valence-corrected chi connectivity index (χ1v) is 26.2.